The molecule has 162 valence electrons. The van der Waals surface area contributed by atoms with Crippen LogP contribution in [0.5, 0.6) is 17.2 Å². The molecule has 7 nitrogen and oxygen atoms in total. The number of rotatable bonds is 4. The molecule has 0 radical (unpaired) electrons. The first-order chi connectivity index (χ1) is 15.6. The molecule has 2 aliphatic rings. The van der Waals surface area contributed by atoms with E-state index in [9.17, 15) is 14.7 Å². The Hall–Kier alpha value is -3.78. The molecular formula is C24H19NO6S. The molecule has 2 aliphatic heterocycles. The number of nitrogens with zero attached hydrogens (tertiary/aromatic N) is 1. The van der Waals surface area contributed by atoms with E-state index in [1.54, 1.807) is 49.6 Å². The first-order valence-electron chi connectivity index (χ1n) is 9.97. The summed E-state index contributed by atoms with van der Waals surface area (Å²) in [6.07, 6.45) is 0. The minimum absolute atomic E-state index is 0.0324. The molecule has 3 heterocycles. The topological polar surface area (TPSA) is 85.3 Å². The highest BCUT2D eigenvalue weighted by atomic mass is 32.1. The van der Waals surface area contributed by atoms with Gasteiger partial charge in [0.25, 0.3) is 11.7 Å². The predicted octanol–water partition coefficient (Wildman–Crippen LogP) is 4.15. The zero-order valence-corrected chi connectivity index (χ0v) is 17.9. The molecule has 1 saturated heterocycles. The van der Waals surface area contributed by atoms with E-state index in [0.717, 1.165) is 4.88 Å². The molecule has 1 aromatic heterocycles. The molecule has 0 aliphatic carbocycles. The van der Waals surface area contributed by atoms with Crippen molar-refractivity contribution >= 4 is 34.5 Å². The molecule has 1 atom stereocenters. The molecule has 1 unspecified atom stereocenters. The van der Waals surface area contributed by atoms with Gasteiger partial charge in [0, 0.05) is 16.1 Å². The van der Waals surface area contributed by atoms with Crippen LogP contribution in [0.1, 0.15) is 16.5 Å². The fraction of sp³-hybridized carbons (Fsp3) is 0.167. The van der Waals surface area contributed by atoms with Gasteiger partial charge in [0.05, 0.1) is 12.7 Å². The lowest BCUT2D eigenvalue weighted by Crippen LogP contribution is -2.29. The molecular weight excluding hydrogens is 430 g/mol. The molecule has 8 heteroatoms. The number of thiophene rings is 1. The van der Waals surface area contributed by atoms with Crippen LogP contribution in [0.2, 0.25) is 0 Å². The van der Waals surface area contributed by atoms with Crippen molar-refractivity contribution in [1.82, 2.24) is 0 Å². The summed E-state index contributed by atoms with van der Waals surface area (Å²) in [4.78, 5) is 28.4. The number of hydrogen-bond acceptors (Lipinski definition) is 7. The lowest BCUT2D eigenvalue weighted by Gasteiger charge is -2.24. The van der Waals surface area contributed by atoms with Crippen molar-refractivity contribution in [3.63, 3.8) is 0 Å². The maximum absolute atomic E-state index is 13.1. The average molecular weight is 449 g/mol. The summed E-state index contributed by atoms with van der Waals surface area (Å²) in [7, 11) is 1.56. The summed E-state index contributed by atoms with van der Waals surface area (Å²) in [6.45, 7) is 0.845. The zero-order chi connectivity index (χ0) is 22.2. The number of hydrogen-bond donors (Lipinski definition) is 1. The Labute approximate surface area is 188 Å². The molecule has 0 saturated carbocycles. The van der Waals surface area contributed by atoms with Crippen LogP contribution in [-0.4, -0.2) is 37.1 Å². The quantitative estimate of drug-likeness (QED) is 0.366. The van der Waals surface area contributed by atoms with E-state index in [0.29, 0.717) is 41.7 Å². The van der Waals surface area contributed by atoms with E-state index < -0.39 is 17.7 Å². The predicted molar refractivity (Wildman–Crippen MR) is 120 cm³/mol. The van der Waals surface area contributed by atoms with Gasteiger partial charge in [0.2, 0.25) is 0 Å². The van der Waals surface area contributed by atoms with Gasteiger partial charge in [-0.05, 0) is 53.9 Å². The average Bonchev–Trinajstić information content (AvgIpc) is 3.45. The van der Waals surface area contributed by atoms with Crippen LogP contribution in [-0.2, 0) is 9.59 Å². The van der Waals surface area contributed by atoms with E-state index in [4.69, 9.17) is 14.2 Å². The lowest BCUT2D eigenvalue weighted by atomic mass is 9.99. The zero-order valence-electron chi connectivity index (χ0n) is 17.1. The third-order valence-electron chi connectivity index (χ3n) is 5.42. The monoisotopic (exact) mass is 449 g/mol. The Kier molecular flexibility index (Phi) is 5.07. The molecule has 3 aromatic rings. The molecule has 2 aromatic carbocycles. The fourth-order valence-corrected chi connectivity index (χ4v) is 4.73. The molecule has 1 amide bonds. The maximum Gasteiger partial charge on any atom is 0.300 e. The summed E-state index contributed by atoms with van der Waals surface area (Å²) in [5.74, 6) is -0.0121. The van der Waals surface area contributed by atoms with E-state index in [2.05, 4.69) is 0 Å². The van der Waals surface area contributed by atoms with Gasteiger partial charge in [-0.2, -0.15) is 0 Å². The van der Waals surface area contributed by atoms with Crippen LogP contribution in [0.15, 0.2) is 65.6 Å². The summed E-state index contributed by atoms with van der Waals surface area (Å²) in [5, 5.41) is 13.1. The number of methoxy groups -OCH3 is 1. The van der Waals surface area contributed by atoms with Crippen LogP contribution in [0.3, 0.4) is 0 Å². The first-order valence-corrected chi connectivity index (χ1v) is 10.8. The molecule has 32 heavy (non-hydrogen) atoms. The van der Waals surface area contributed by atoms with Crippen molar-refractivity contribution in [2.75, 3.05) is 25.2 Å². The third kappa shape index (κ3) is 3.29. The number of Topliss-reactive ketones (excluding diaryl/α,β-unsaturated/α-hetero) is 1. The van der Waals surface area contributed by atoms with Gasteiger partial charge in [0.1, 0.15) is 30.8 Å². The lowest BCUT2D eigenvalue weighted by molar-refractivity contribution is -0.132. The summed E-state index contributed by atoms with van der Waals surface area (Å²) in [6, 6.07) is 14.8. The van der Waals surface area contributed by atoms with Crippen LogP contribution in [0.25, 0.3) is 5.76 Å². The third-order valence-corrected chi connectivity index (χ3v) is 6.35. The molecule has 5 rings (SSSR count). The van der Waals surface area contributed by atoms with Gasteiger partial charge in [-0.15, -0.1) is 11.3 Å². The van der Waals surface area contributed by atoms with Gasteiger partial charge < -0.3 is 19.3 Å². The van der Waals surface area contributed by atoms with Crippen LogP contribution < -0.4 is 19.1 Å². The highest BCUT2D eigenvalue weighted by Gasteiger charge is 2.47. The van der Waals surface area contributed by atoms with Crippen LogP contribution >= 0.6 is 11.3 Å². The van der Waals surface area contributed by atoms with Crippen molar-refractivity contribution in [1.29, 1.82) is 0 Å². The van der Waals surface area contributed by atoms with E-state index in [1.807, 2.05) is 17.5 Å². The number of ether oxygens (including phenoxy) is 3. The number of benzene rings is 2. The van der Waals surface area contributed by atoms with Gasteiger partial charge in [-0.3, -0.25) is 14.5 Å². The standard InChI is InChI=1S/C24H19NO6S/c1-29-16-7-5-15(6-8-16)25-21(19-3-2-12-32-19)20(23(27)24(25)28)22(26)14-4-9-17-18(13-14)31-11-10-30-17/h2-9,12-13,21,26H,10-11H2,1H3/b22-20-. The summed E-state index contributed by atoms with van der Waals surface area (Å²) < 4.78 is 16.3. The largest absolute Gasteiger partial charge is 0.507 e. The number of fused-ring (bicyclic) bond motifs is 1. The Morgan fingerprint density at radius 3 is 2.50 bits per heavy atom. The van der Waals surface area contributed by atoms with Gasteiger partial charge in [-0.25, -0.2) is 0 Å². The maximum atomic E-state index is 13.1. The smallest absolute Gasteiger partial charge is 0.300 e. The van der Waals surface area contributed by atoms with E-state index in [1.165, 1.54) is 16.2 Å². The Morgan fingerprint density at radius 1 is 1.06 bits per heavy atom. The second kappa shape index (κ2) is 8.05. The van der Waals surface area contributed by atoms with Crippen molar-refractivity contribution < 1.29 is 28.9 Å². The number of anilines is 1. The SMILES string of the molecule is COc1ccc(N2C(=O)C(=O)/C(=C(\O)c3ccc4c(c3)OCCO4)C2c2cccs2)cc1. The molecule has 1 N–H and O–H groups in total. The first kappa shape index (κ1) is 20.1. The summed E-state index contributed by atoms with van der Waals surface area (Å²) >= 11 is 1.41. The number of carbonyl (C=O) groups is 2. The minimum Gasteiger partial charge on any atom is -0.507 e. The van der Waals surface area contributed by atoms with Crippen molar-refractivity contribution in [3.05, 3.63) is 76.0 Å². The van der Waals surface area contributed by atoms with Crippen molar-refractivity contribution in [2.24, 2.45) is 0 Å². The highest BCUT2D eigenvalue weighted by Crippen LogP contribution is 2.44. The fourth-order valence-electron chi connectivity index (χ4n) is 3.90. The molecule has 0 bridgehead atoms. The van der Waals surface area contributed by atoms with E-state index in [-0.39, 0.29) is 11.3 Å². The van der Waals surface area contributed by atoms with Crippen LogP contribution in [0.4, 0.5) is 5.69 Å². The van der Waals surface area contributed by atoms with Crippen molar-refractivity contribution in [3.8, 4) is 17.2 Å². The van der Waals surface area contributed by atoms with Gasteiger partial charge >= 0.3 is 0 Å². The van der Waals surface area contributed by atoms with Gasteiger partial charge in [0.15, 0.2) is 11.5 Å². The van der Waals surface area contributed by atoms with Crippen molar-refractivity contribution in [2.45, 2.75) is 6.04 Å². The van der Waals surface area contributed by atoms with Crippen LogP contribution in [0, 0.1) is 0 Å². The normalized spacial score (nSPS) is 19.3. The Morgan fingerprint density at radius 2 is 1.81 bits per heavy atom. The number of ketones is 1. The molecule has 1 fully saturated rings. The number of aliphatic hydroxyl groups excluding tert-OH is 1. The second-order valence-electron chi connectivity index (χ2n) is 7.24. The minimum atomic E-state index is -0.753. The second-order valence-corrected chi connectivity index (χ2v) is 8.22. The van der Waals surface area contributed by atoms with Gasteiger partial charge in [-0.1, -0.05) is 6.07 Å². The Balaban J connectivity index is 1.65. The number of carbonyl (C=O) groups excluding carboxylic acids is 2. The molecule has 0 spiro atoms. The highest BCUT2D eigenvalue weighted by molar-refractivity contribution is 7.10. The van der Waals surface area contributed by atoms with E-state index >= 15 is 0 Å². The Bertz CT molecular complexity index is 1220. The summed E-state index contributed by atoms with van der Waals surface area (Å²) in [5.41, 5.74) is 0.945. The number of amides is 1. The number of aliphatic hydroxyl groups is 1.